The van der Waals surface area contributed by atoms with Gasteiger partial charge in [-0.15, -0.1) is 0 Å². The number of carboxylic acids is 1. The Hall–Kier alpha value is -1.52. The van der Waals surface area contributed by atoms with Crippen molar-refractivity contribution >= 4 is 12.0 Å². The Morgan fingerprint density at radius 2 is 2.12 bits per heavy atom. The van der Waals surface area contributed by atoms with Gasteiger partial charge in [0.25, 0.3) is 0 Å². The molecule has 1 fully saturated rings. The van der Waals surface area contributed by atoms with Gasteiger partial charge in [-0.05, 0) is 25.2 Å². The topological polar surface area (TPSA) is 60.9 Å². The van der Waals surface area contributed by atoms with E-state index in [0.717, 1.165) is 19.3 Å². The van der Waals surface area contributed by atoms with Crippen LogP contribution in [0.1, 0.15) is 19.3 Å². The molecule has 0 bridgehead atoms. The molecule has 94 valence electrons. The fraction of sp³-hybridized carbons (Fsp3) is 0.667. The maximum atomic E-state index is 12.2. The number of hydrogen-bond acceptors (Lipinski definition) is 2. The molecule has 5 nitrogen and oxygen atoms in total. The van der Waals surface area contributed by atoms with Crippen molar-refractivity contribution in [2.24, 2.45) is 5.92 Å². The highest BCUT2D eigenvalue weighted by Crippen LogP contribution is 2.30. The first-order valence-corrected chi connectivity index (χ1v) is 6.07. The zero-order valence-corrected chi connectivity index (χ0v) is 9.84. The third-order valence-electron chi connectivity index (χ3n) is 3.10. The van der Waals surface area contributed by atoms with Gasteiger partial charge in [-0.2, -0.15) is 0 Å². The molecule has 1 saturated carbocycles. The molecule has 1 N–H and O–H groups in total. The van der Waals surface area contributed by atoms with E-state index in [9.17, 15) is 9.59 Å². The summed E-state index contributed by atoms with van der Waals surface area (Å²) in [7, 11) is 0. The number of urea groups is 1. The second-order valence-electron chi connectivity index (χ2n) is 4.71. The van der Waals surface area contributed by atoms with E-state index in [2.05, 4.69) is 0 Å². The molecule has 2 aliphatic rings. The summed E-state index contributed by atoms with van der Waals surface area (Å²) in [4.78, 5) is 26.1. The highest BCUT2D eigenvalue weighted by molar-refractivity contribution is 5.80. The van der Waals surface area contributed by atoms with E-state index in [-0.39, 0.29) is 12.6 Å². The highest BCUT2D eigenvalue weighted by atomic mass is 16.4. The molecule has 0 unspecified atom stereocenters. The van der Waals surface area contributed by atoms with Crippen molar-refractivity contribution in [3.8, 4) is 0 Å². The smallest absolute Gasteiger partial charge is 0.323 e. The molecule has 1 aliphatic carbocycles. The van der Waals surface area contributed by atoms with E-state index < -0.39 is 5.97 Å². The maximum absolute atomic E-state index is 12.2. The number of carbonyl (C=O) groups is 2. The lowest BCUT2D eigenvalue weighted by molar-refractivity contribution is -0.137. The summed E-state index contributed by atoms with van der Waals surface area (Å²) in [5, 5.41) is 8.84. The van der Waals surface area contributed by atoms with Gasteiger partial charge in [-0.25, -0.2) is 4.79 Å². The minimum absolute atomic E-state index is 0.136. The zero-order chi connectivity index (χ0) is 12.3. The van der Waals surface area contributed by atoms with Crippen LogP contribution in [0.3, 0.4) is 0 Å². The summed E-state index contributed by atoms with van der Waals surface area (Å²) < 4.78 is 0. The van der Waals surface area contributed by atoms with Gasteiger partial charge in [0.2, 0.25) is 0 Å². The molecule has 0 radical (unpaired) electrons. The lowest BCUT2D eigenvalue weighted by atomic mass is 10.2. The molecule has 17 heavy (non-hydrogen) atoms. The van der Waals surface area contributed by atoms with Gasteiger partial charge in [0, 0.05) is 19.6 Å². The Balaban J connectivity index is 1.94. The van der Waals surface area contributed by atoms with Crippen LogP contribution >= 0.6 is 0 Å². The molecular weight excluding hydrogens is 220 g/mol. The average molecular weight is 238 g/mol. The Morgan fingerprint density at radius 3 is 2.65 bits per heavy atom. The predicted molar refractivity (Wildman–Crippen MR) is 62.7 cm³/mol. The number of aliphatic carboxylic acids is 1. The van der Waals surface area contributed by atoms with Gasteiger partial charge in [0.05, 0.1) is 0 Å². The van der Waals surface area contributed by atoms with Gasteiger partial charge in [-0.1, -0.05) is 12.2 Å². The van der Waals surface area contributed by atoms with Crippen LogP contribution in [0.25, 0.3) is 0 Å². The second-order valence-corrected chi connectivity index (χ2v) is 4.71. The normalized spacial score (nSPS) is 19.2. The molecule has 0 aromatic carbocycles. The summed E-state index contributed by atoms with van der Waals surface area (Å²) in [5.41, 5.74) is 0. The van der Waals surface area contributed by atoms with Crippen molar-refractivity contribution in [2.75, 3.05) is 26.2 Å². The van der Waals surface area contributed by atoms with E-state index in [1.165, 1.54) is 4.90 Å². The molecule has 1 heterocycles. The van der Waals surface area contributed by atoms with Gasteiger partial charge in [0.1, 0.15) is 6.54 Å². The standard InChI is InChI=1S/C12H18N2O3/c15-11(16)9-14(8-10-4-5-10)12(17)13-6-2-1-3-7-13/h1-2,10H,3-9H2,(H,15,16). The number of nitrogens with zero attached hydrogens (tertiary/aromatic N) is 2. The van der Waals surface area contributed by atoms with Crippen LogP contribution in [-0.2, 0) is 4.79 Å². The van der Waals surface area contributed by atoms with Crippen LogP contribution in [0.5, 0.6) is 0 Å². The van der Waals surface area contributed by atoms with Crippen LogP contribution in [0.4, 0.5) is 4.79 Å². The summed E-state index contributed by atoms with van der Waals surface area (Å²) in [6, 6.07) is -0.136. The van der Waals surface area contributed by atoms with E-state index in [1.54, 1.807) is 4.90 Å². The van der Waals surface area contributed by atoms with Gasteiger partial charge in [-0.3, -0.25) is 4.79 Å². The number of amides is 2. The van der Waals surface area contributed by atoms with Crippen LogP contribution < -0.4 is 0 Å². The first-order chi connectivity index (χ1) is 8.16. The number of carbonyl (C=O) groups excluding carboxylic acids is 1. The van der Waals surface area contributed by atoms with Crippen molar-refractivity contribution in [1.29, 1.82) is 0 Å². The summed E-state index contributed by atoms with van der Waals surface area (Å²) >= 11 is 0. The largest absolute Gasteiger partial charge is 0.480 e. The minimum atomic E-state index is -0.938. The van der Waals surface area contributed by atoms with Crippen molar-refractivity contribution in [1.82, 2.24) is 9.80 Å². The molecule has 2 rings (SSSR count). The monoisotopic (exact) mass is 238 g/mol. The van der Waals surface area contributed by atoms with Crippen LogP contribution in [0, 0.1) is 5.92 Å². The molecule has 0 atom stereocenters. The Labute approximate surface area is 101 Å². The lowest BCUT2D eigenvalue weighted by Crippen LogP contribution is -2.47. The minimum Gasteiger partial charge on any atom is -0.480 e. The van der Waals surface area contributed by atoms with E-state index in [0.29, 0.717) is 25.6 Å². The van der Waals surface area contributed by atoms with E-state index in [1.807, 2.05) is 12.2 Å². The van der Waals surface area contributed by atoms with Crippen LogP contribution in [0.15, 0.2) is 12.2 Å². The van der Waals surface area contributed by atoms with Gasteiger partial charge < -0.3 is 14.9 Å². The Bertz CT molecular complexity index is 337. The van der Waals surface area contributed by atoms with Crippen molar-refractivity contribution in [2.45, 2.75) is 19.3 Å². The first kappa shape index (κ1) is 12.0. The quantitative estimate of drug-likeness (QED) is 0.748. The third kappa shape index (κ3) is 3.47. The second kappa shape index (κ2) is 5.21. The highest BCUT2D eigenvalue weighted by Gasteiger charge is 2.30. The first-order valence-electron chi connectivity index (χ1n) is 6.07. The van der Waals surface area contributed by atoms with Crippen molar-refractivity contribution in [3.63, 3.8) is 0 Å². The fourth-order valence-electron chi connectivity index (χ4n) is 2.00. The summed E-state index contributed by atoms with van der Waals surface area (Å²) in [6.45, 7) is 1.69. The average Bonchev–Trinajstić information content (AvgIpc) is 3.12. The molecular formula is C12H18N2O3. The molecule has 0 spiro atoms. The molecule has 0 aromatic heterocycles. The fourth-order valence-corrected chi connectivity index (χ4v) is 2.00. The van der Waals surface area contributed by atoms with Crippen LogP contribution in [-0.4, -0.2) is 53.1 Å². The van der Waals surface area contributed by atoms with Crippen molar-refractivity contribution < 1.29 is 14.7 Å². The lowest BCUT2D eigenvalue weighted by Gasteiger charge is -2.30. The molecule has 5 heteroatoms. The van der Waals surface area contributed by atoms with Crippen molar-refractivity contribution in [3.05, 3.63) is 12.2 Å². The molecule has 0 aromatic rings. The van der Waals surface area contributed by atoms with Gasteiger partial charge >= 0.3 is 12.0 Å². The molecule has 2 amide bonds. The van der Waals surface area contributed by atoms with E-state index >= 15 is 0 Å². The Morgan fingerprint density at radius 1 is 1.35 bits per heavy atom. The zero-order valence-electron chi connectivity index (χ0n) is 9.84. The molecule has 0 saturated heterocycles. The van der Waals surface area contributed by atoms with Crippen LogP contribution in [0.2, 0.25) is 0 Å². The SMILES string of the molecule is O=C(O)CN(CC1CC1)C(=O)N1CC=CCC1. The number of hydrogen-bond donors (Lipinski definition) is 1. The predicted octanol–water partition coefficient (Wildman–Crippen LogP) is 1.16. The Kier molecular flexibility index (Phi) is 3.66. The number of carboxylic acid groups (broad SMARTS) is 1. The van der Waals surface area contributed by atoms with Gasteiger partial charge in [0.15, 0.2) is 0 Å². The third-order valence-corrected chi connectivity index (χ3v) is 3.10. The van der Waals surface area contributed by atoms with E-state index in [4.69, 9.17) is 5.11 Å². The number of rotatable bonds is 4. The summed E-state index contributed by atoms with van der Waals surface area (Å²) in [5.74, 6) is -0.426. The summed E-state index contributed by atoms with van der Waals surface area (Å²) in [6.07, 6.45) is 7.09. The molecule has 1 aliphatic heterocycles. The maximum Gasteiger partial charge on any atom is 0.323 e.